The largest absolute Gasteiger partial charge is 0.460 e. The lowest BCUT2D eigenvalue weighted by atomic mass is 9.86. The van der Waals surface area contributed by atoms with Crippen LogP contribution in [0.1, 0.15) is 187 Å². The maximum atomic E-state index is 12.0. The fraction of sp³-hybridized carbons (Fsp3) is 0.927. The highest BCUT2D eigenvalue weighted by molar-refractivity contribution is 5.80. The Morgan fingerprint density at radius 2 is 0.929 bits per heavy atom. The van der Waals surface area contributed by atoms with Gasteiger partial charge in [0, 0.05) is 140 Å². The summed E-state index contributed by atoms with van der Waals surface area (Å²) in [5.74, 6) is 0.318. The summed E-state index contributed by atoms with van der Waals surface area (Å²) in [5, 5.41) is 9.47. The lowest BCUT2D eigenvalue weighted by molar-refractivity contribution is -0.156. The first kappa shape index (κ1) is 61.7. The van der Waals surface area contributed by atoms with Gasteiger partial charge in [0.2, 0.25) is 0 Å². The fourth-order valence-corrected chi connectivity index (χ4v) is 10.5. The third-order valence-corrected chi connectivity index (χ3v) is 14.3. The van der Waals surface area contributed by atoms with Crippen molar-refractivity contribution in [2.24, 2.45) is 5.92 Å². The fourth-order valence-electron chi connectivity index (χ4n) is 10.5. The van der Waals surface area contributed by atoms with Gasteiger partial charge in [0.25, 0.3) is 0 Å². The summed E-state index contributed by atoms with van der Waals surface area (Å²) >= 11 is 0. The average Bonchev–Trinajstić information content (AvgIpc) is 3.25. The van der Waals surface area contributed by atoms with Crippen molar-refractivity contribution in [1.29, 1.82) is 0 Å². The summed E-state index contributed by atoms with van der Waals surface area (Å²) in [4.78, 5) is 59.5. The van der Waals surface area contributed by atoms with Gasteiger partial charge in [-0.25, -0.2) is 9.59 Å². The molecule has 15 nitrogen and oxygen atoms in total. The first-order valence-corrected chi connectivity index (χ1v) is 27.8. The standard InChI is InChI=1S/2C18H35N3O2.C12H20O3.C7H16N2/c2*1-14(2)20-9-11-21(12-10-20)16-8-6-7-15(13-16)19-17(22)23-18(3,4)5;1-12(2,3)15-11(14)8-9-5-4-6-10(13)7-9;1-7(2)9-5-3-8-4-6-9/h2*14-16H,6-13H2,1-5H3,(H,19,22);9H,4-8H2,1-3H3;7-8H,3-6H2,1-2H3/t15-,16+;;;/m1.../s1. The Kier molecular flexibility index (Phi) is 26.4. The smallest absolute Gasteiger partial charge is 0.407 e. The van der Waals surface area contributed by atoms with E-state index in [0.29, 0.717) is 43.4 Å². The molecule has 0 spiro atoms. The molecule has 3 aliphatic carbocycles. The number of rotatable bonds is 9. The van der Waals surface area contributed by atoms with Gasteiger partial charge < -0.3 is 30.2 Å². The van der Waals surface area contributed by atoms with Gasteiger partial charge in [-0.2, -0.15) is 0 Å². The van der Waals surface area contributed by atoms with E-state index >= 15 is 0 Å². The van der Waals surface area contributed by atoms with Crippen LogP contribution < -0.4 is 16.0 Å². The second kappa shape index (κ2) is 30.0. The lowest BCUT2D eigenvalue weighted by Gasteiger charge is -2.43. The van der Waals surface area contributed by atoms with Crippen LogP contribution in [0.15, 0.2) is 0 Å². The van der Waals surface area contributed by atoms with Crippen molar-refractivity contribution in [2.75, 3.05) is 78.5 Å². The van der Waals surface area contributed by atoms with E-state index in [-0.39, 0.29) is 41.9 Å². The van der Waals surface area contributed by atoms with E-state index in [1.54, 1.807) is 0 Å². The van der Waals surface area contributed by atoms with Crippen LogP contribution in [-0.2, 0) is 23.8 Å². The second-order valence-corrected chi connectivity index (χ2v) is 24.8. The topological polar surface area (TPSA) is 148 Å². The molecular formula is C55H106N8O7. The predicted octanol–water partition coefficient (Wildman–Crippen LogP) is 8.47. The minimum absolute atomic E-state index is 0.179. The monoisotopic (exact) mass is 991 g/mol. The zero-order valence-corrected chi connectivity index (χ0v) is 47.4. The molecule has 0 radical (unpaired) electrons. The van der Waals surface area contributed by atoms with Crippen molar-refractivity contribution in [3.05, 3.63) is 0 Å². The molecule has 3 saturated heterocycles. The van der Waals surface area contributed by atoms with Gasteiger partial charge >= 0.3 is 18.2 Å². The third kappa shape index (κ3) is 25.9. The molecule has 3 N–H and O–H groups in total. The number of ketones is 1. The van der Waals surface area contributed by atoms with Crippen molar-refractivity contribution in [3.8, 4) is 0 Å². The molecule has 0 aromatic carbocycles. The molecule has 3 saturated carbocycles. The van der Waals surface area contributed by atoms with Crippen LogP contribution in [-0.4, -0.2) is 186 Å². The molecule has 15 heteroatoms. The number of esters is 1. The van der Waals surface area contributed by atoms with Crippen molar-refractivity contribution in [1.82, 2.24) is 40.4 Å². The average molecular weight is 992 g/mol. The maximum absolute atomic E-state index is 12.0. The number of nitrogens with one attached hydrogen (secondary N) is 3. The molecule has 3 unspecified atom stereocenters. The number of Topliss-reactive ketones (excluding diaryl/α,β-unsaturated/α-hetero) is 1. The number of nitrogens with zero attached hydrogens (tertiary/aromatic N) is 5. The van der Waals surface area contributed by atoms with Gasteiger partial charge in [0.15, 0.2) is 0 Å². The van der Waals surface area contributed by atoms with Gasteiger partial charge in [-0.1, -0.05) is 0 Å². The summed E-state index contributed by atoms with van der Waals surface area (Å²) in [7, 11) is 0. The Morgan fingerprint density at radius 1 is 0.543 bits per heavy atom. The zero-order chi connectivity index (χ0) is 52.2. The van der Waals surface area contributed by atoms with Gasteiger partial charge in [-0.05, 0) is 174 Å². The zero-order valence-electron chi connectivity index (χ0n) is 47.4. The van der Waals surface area contributed by atoms with Crippen LogP contribution >= 0.6 is 0 Å². The number of piperazine rings is 3. The normalized spacial score (nSPS) is 26.1. The molecule has 408 valence electrons. The Balaban J connectivity index is 0.000000259. The molecule has 6 aliphatic rings. The molecule has 3 aliphatic heterocycles. The number of hydrogen-bond acceptors (Lipinski definition) is 13. The summed E-state index contributed by atoms with van der Waals surface area (Å²) in [6.07, 6.45) is 12.1. The van der Waals surface area contributed by atoms with E-state index < -0.39 is 16.8 Å². The van der Waals surface area contributed by atoms with E-state index in [1.165, 1.54) is 65.0 Å². The van der Waals surface area contributed by atoms with Crippen molar-refractivity contribution >= 4 is 23.9 Å². The van der Waals surface area contributed by atoms with Crippen LogP contribution in [0.25, 0.3) is 0 Å². The van der Waals surface area contributed by atoms with Crippen LogP contribution in [0.5, 0.6) is 0 Å². The molecule has 6 fully saturated rings. The molecule has 0 bridgehead atoms. The Labute approximate surface area is 427 Å². The van der Waals surface area contributed by atoms with E-state index in [4.69, 9.17) is 14.2 Å². The van der Waals surface area contributed by atoms with E-state index in [1.807, 2.05) is 62.3 Å². The van der Waals surface area contributed by atoms with Gasteiger partial charge in [0.05, 0.1) is 0 Å². The first-order valence-electron chi connectivity index (χ1n) is 27.8. The minimum Gasteiger partial charge on any atom is -0.460 e. The van der Waals surface area contributed by atoms with Gasteiger partial charge in [-0.15, -0.1) is 0 Å². The maximum Gasteiger partial charge on any atom is 0.407 e. The molecule has 2 amide bonds. The van der Waals surface area contributed by atoms with Crippen molar-refractivity contribution in [3.63, 3.8) is 0 Å². The third-order valence-electron chi connectivity index (χ3n) is 14.3. The summed E-state index contributed by atoms with van der Waals surface area (Å²) < 4.78 is 16.0. The molecule has 5 atom stereocenters. The summed E-state index contributed by atoms with van der Waals surface area (Å²) in [6, 6.07) is 3.75. The minimum atomic E-state index is -0.425. The molecule has 0 aromatic rings. The molecule has 70 heavy (non-hydrogen) atoms. The number of carbonyl (C=O) groups excluding carboxylic acids is 4. The quantitative estimate of drug-likeness (QED) is 0.150. The van der Waals surface area contributed by atoms with Gasteiger partial charge in [0.1, 0.15) is 22.6 Å². The predicted molar refractivity (Wildman–Crippen MR) is 284 cm³/mol. The Hall–Kier alpha value is -2.56. The molecule has 0 aromatic heterocycles. The first-order chi connectivity index (χ1) is 32.7. The van der Waals surface area contributed by atoms with Crippen LogP contribution in [0, 0.1) is 5.92 Å². The number of amides is 2. The highest BCUT2D eigenvalue weighted by atomic mass is 16.6. The highest BCUT2D eigenvalue weighted by Gasteiger charge is 2.33. The van der Waals surface area contributed by atoms with E-state index in [0.717, 1.165) is 83.8 Å². The Morgan fingerprint density at radius 3 is 1.27 bits per heavy atom. The number of carbonyl (C=O) groups is 4. The SMILES string of the molecule is CC(C)(C)OC(=O)CC1CCCC(=O)C1.CC(C)N1CCN(C2CCCC(NC(=O)OC(C)(C)C)C2)CC1.CC(C)N1CCN([C@H]2CCC[C@@H](NC(=O)OC(C)(C)C)C2)CC1.CC(C)N1CCNCC1. The number of alkyl carbamates (subject to hydrolysis) is 2. The summed E-state index contributed by atoms with van der Waals surface area (Å²) in [6.45, 7) is 44.7. The Bertz CT molecular complexity index is 1450. The van der Waals surface area contributed by atoms with Crippen molar-refractivity contribution in [2.45, 2.75) is 246 Å². The van der Waals surface area contributed by atoms with E-state index in [2.05, 4.69) is 82.0 Å². The molecular weight excluding hydrogens is 885 g/mol. The summed E-state index contributed by atoms with van der Waals surface area (Å²) in [5.41, 5.74) is -1.27. The second-order valence-electron chi connectivity index (χ2n) is 24.8. The highest BCUT2D eigenvalue weighted by Crippen LogP contribution is 2.28. The van der Waals surface area contributed by atoms with Crippen LogP contribution in [0.2, 0.25) is 0 Å². The molecule has 6 rings (SSSR count). The van der Waals surface area contributed by atoms with Crippen LogP contribution in [0.4, 0.5) is 9.59 Å². The van der Waals surface area contributed by atoms with Gasteiger partial charge in [-0.3, -0.25) is 34.1 Å². The van der Waals surface area contributed by atoms with E-state index in [9.17, 15) is 19.2 Å². The number of hydrogen-bond donors (Lipinski definition) is 3. The number of ether oxygens (including phenoxy) is 3. The lowest BCUT2D eigenvalue weighted by Crippen LogP contribution is -2.54. The molecule has 3 heterocycles. The van der Waals surface area contributed by atoms with Crippen molar-refractivity contribution < 1.29 is 33.4 Å². The van der Waals surface area contributed by atoms with Crippen LogP contribution in [0.3, 0.4) is 0 Å².